The van der Waals surface area contributed by atoms with Crippen LogP contribution < -0.4 is 0 Å². The molecule has 6 heteroatoms. The molecule has 0 aliphatic carbocycles. The molecule has 0 heterocycles. The van der Waals surface area contributed by atoms with Crippen molar-refractivity contribution in [1.29, 1.82) is 0 Å². The molecular formula is C61H102O6. The van der Waals surface area contributed by atoms with E-state index >= 15 is 0 Å². The summed E-state index contributed by atoms with van der Waals surface area (Å²) in [5.41, 5.74) is 0. The van der Waals surface area contributed by atoms with Gasteiger partial charge in [0.15, 0.2) is 6.10 Å². The molecule has 6 nitrogen and oxygen atoms in total. The van der Waals surface area contributed by atoms with Crippen LogP contribution >= 0.6 is 0 Å². The largest absolute Gasteiger partial charge is 0.462 e. The Labute approximate surface area is 413 Å². The van der Waals surface area contributed by atoms with E-state index < -0.39 is 6.10 Å². The standard InChI is InChI=1S/C61H102O6/c1-4-7-10-13-16-19-22-25-28-29-30-31-34-36-39-42-45-48-51-54-60(63)66-57-58(67-61(64)55-52-49-46-43-40-37-33-27-24-21-18-15-12-9-6-3)56-65-59(62)53-50-47-44-41-38-35-32-26-23-20-17-14-11-8-5-2/h8-9,11-12,17-18,20-21,26-27,32-33,38,40-41,43,58H,4-7,10,13-16,19,22-25,28-31,34-37,39,42,44-57H2,1-3H3/b11-8-,12-9-,20-17-,21-18-,32-26-,33-27-,41-38-,43-40-. The average Bonchev–Trinajstić information content (AvgIpc) is 3.33. The molecule has 0 rings (SSSR count). The van der Waals surface area contributed by atoms with Gasteiger partial charge < -0.3 is 14.2 Å². The Morgan fingerprint density at radius 2 is 0.582 bits per heavy atom. The van der Waals surface area contributed by atoms with Crippen LogP contribution in [0, 0.1) is 0 Å². The van der Waals surface area contributed by atoms with Crippen molar-refractivity contribution in [1.82, 2.24) is 0 Å². The van der Waals surface area contributed by atoms with Gasteiger partial charge in [-0.2, -0.15) is 0 Å². The lowest BCUT2D eigenvalue weighted by atomic mass is 10.0. The van der Waals surface area contributed by atoms with Crippen LogP contribution in [0.2, 0.25) is 0 Å². The van der Waals surface area contributed by atoms with Gasteiger partial charge in [0.1, 0.15) is 13.2 Å². The molecule has 0 saturated heterocycles. The molecular weight excluding hydrogens is 829 g/mol. The van der Waals surface area contributed by atoms with Gasteiger partial charge in [0.05, 0.1) is 0 Å². The first-order valence-electron chi connectivity index (χ1n) is 27.7. The molecule has 0 bridgehead atoms. The van der Waals surface area contributed by atoms with Gasteiger partial charge in [-0.15, -0.1) is 0 Å². The second-order valence-corrected chi connectivity index (χ2v) is 18.1. The third-order valence-corrected chi connectivity index (χ3v) is 11.6. The molecule has 382 valence electrons. The molecule has 0 amide bonds. The lowest BCUT2D eigenvalue weighted by Gasteiger charge is -2.18. The third-order valence-electron chi connectivity index (χ3n) is 11.6. The van der Waals surface area contributed by atoms with E-state index in [4.69, 9.17) is 14.2 Å². The predicted molar refractivity (Wildman–Crippen MR) is 288 cm³/mol. The van der Waals surface area contributed by atoms with Crippen molar-refractivity contribution < 1.29 is 28.6 Å². The van der Waals surface area contributed by atoms with Gasteiger partial charge >= 0.3 is 17.9 Å². The Hall–Kier alpha value is -3.67. The van der Waals surface area contributed by atoms with Crippen molar-refractivity contribution in [2.45, 2.75) is 258 Å². The minimum absolute atomic E-state index is 0.106. The molecule has 1 unspecified atom stereocenters. The SMILES string of the molecule is CC/C=C\C/C=C\C/C=C\C/C=C\CCCCC(=O)OCC(COC(=O)CCCCCCCCCCCCCCCCCCCCC)OC(=O)CCCC/C=C\C/C=C\C/C=C\C/C=C\CC. The molecule has 0 aliphatic heterocycles. The van der Waals surface area contributed by atoms with Crippen LogP contribution in [0.4, 0.5) is 0 Å². The van der Waals surface area contributed by atoms with Gasteiger partial charge in [-0.25, -0.2) is 0 Å². The van der Waals surface area contributed by atoms with Gasteiger partial charge in [-0.05, 0) is 96.3 Å². The van der Waals surface area contributed by atoms with Crippen molar-refractivity contribution in [2.75, 3.05) is 13.2 Å². The first kappa shape index (κ1) is 63.3. The lowest BCUT2D eigenvalue weighted by Crippen LogP contribution is -2.30. The summed E-state index contributed by atoms with van der Waals surface area (Å²) in [6.07, 6.45) is 72.6. The third kappa shape index (κ3) is 53.2. The molecule has 0 aromatic heterocycles. The second kappa shape index (κ2) is 54.9. The number of hydrogen-bond acceptors (Lipinski definition) is 6. The molecule has 67 heavy (non-hydrogen) atoms. The average molecular weight is 931 g/mol. The van der Waals surface area contributed by atoms with Crippen molar-refractivity contribution in [2.24, 2.45) is 0 Å². The number of rotatable bonds is 49. The number of hydrogen-bond donors (Lipinski definition) is 0. The normalized spacial score (nSPS) is 12.8. The Bertz CT molecular complexity index is 1350. The van der Waals surface area contributed by atoms with Crippen LogP contribution in [0.15, 0.2) is 97.2 Å². The van der Waals surface area contributed by atoms with Crippen LogP contribution in [-0.2, 0) is 28.6 Å². The molecule has 1 atom stereocenters. The summed E-state index contributed by atoms with van der Waals surface area (Å²) >= 11 is 0. The van der Waals surface area contributed by atoms with E-state index in [1.165, 1.54) is 103 Å². The zero-order valence-electron chi connectivity index (χ0n) is 43.6. The van der Waals surface area contributed by atoms with Crippen molar-refractivity contribution in [3.8, 4) is 0 Å². The van der Waals surface area contributed by atoms with Gasteiger partial charge in [-0.1, -0.05) is 234 Å². The smallest absolute Gasteiger partial charge is 0.306 e. The summed E-state index contributed by atoms with van der Waals surface area (Å²) in [4.78, 5) is 38.1. The molecule has 0 spiro atoms. The van der Waals surface area contributed by atoms with Crippen molar-refractivity contribution in [3.05, 3.63) is 97.2 Å². The minimum Gasteiger partial charge on any atom is -0.462 e. The number of ether oxygens (including phenoxy) is 3. The summed E-state index contributed by atoms with van der Waals surface area (Å²) in [6, 6.07) is 0. The lowest BCUT2D eigenvalue weighted by molar-refractivity contribution is -0.167. The molecule has 0 aliphatic rings. The van der Waals surface area contributed by atoms with E-state index in [-0.39, 0.29) is 37.5 Å². The molecule has 0 aromatic carbocycles. The molecule has 0 fully saturated rings. The number of unbranched alkanes of at least 4 members (excludes halogenated alkanes) is 22. The van der Waals surface area contributed by atoms with Gasteiger partial charge in [0, 0.05) is 19.3 Å². The first-order valence-corrected chi connectivity index (χ1v) is 27.7. The Balaban J connectivity index is 4.46. The number of allylic oxidation sites excluding steroid dienone is 16. The highest BCUT2D eigenvalue weighted by Crippen LogP contribution is 2.16. The van der Waals surface area contributed by atoms with Crippen LogP contribution in [-0.4, -0.2) is 37.2 Å². The summed E-state index contributed by atoms with van der Waals surface area (Å²) in [5, 5.41) is 0. The van der Waals surface area contributed by atoms with Gasteiger partial charge in [0.2, 0.25) is 0 Å². The molecule has 0 radical (unpaired) electrons. The maximum atomic E-state index is 12.8. The number of carbonyl (C=O) groups is 3. The van der Waals surface area contributed by atoms with Gasteiger partial charge in [0.25, 0.3) is 0 Å². The molecule has 0 saturated carbocycles. The Kier molecular flexibility index (Phi) is 51.9. The summed E-state index contributed by atoms with van der Waals surface area (Å²) in [7, 11) is 0. The topological polar surface area (TPSA) is 78.9 Å². The second-order valence-electron chi connectivity index (χ2n) is 18.1. The van der Waals surface area contributed by atoms with E-state index in [0.29, 0.717) is 25.7 Å². The Morgan fingerprint density at radius 3 is 0.910 bits per heavy atom. The minimum atomic E-state index is -0.816. The van der Waals surface area contributed by atoms with E-state index in [2.05, 4.69) is 118 Å². The number of carbonyl (C=O) groups excluding carboxylic acids is 3. The maximum Gasteiger partial charge on any atom is 0.306 e. The van der Waals surface area contributed by atoms with E-state index in [0.717, 1.165) is 96.3 Å². The summed E-state index contributed by atoms with van der Waals surface area (Å²) in [6.45, 7) is 6.35. The fourth-order valence-corrected chi connectivity index (χ4v) is 7.48. The fourth-order valence-electron chi connectivity index (χ4n) is 7.48. The van der Waals surface area contributed by atoms with Gasteiger partial charge in [-0.3, -0.25) is 14.4 Å². The van der Waals surface area contributed by atoms with E-state index in [1.54, 1.807) is 0 Å². The first-order chi connectivity index (χ1) is 33.0. The summed E-state index contributed by atoms with van der Waals surface area (Å²) in [5.74, 6) is -0.989. The predicted octanol–water partition coefficient (Wildman–Crippen LogP) is 18.5. The highest BCUT2D eigenvalue weighted by Gasteiger charge is 2.19. The highest BCUT2D eigenvalue weighted by atomic mass is 16.6. The molecule has 0 aromatic rings. The Morgan fingerprint density at radius 1 is 0.313 bits per heavy atom. The maximum absolute atomic E-state index is 12.8. The quantitative estimate of drug-likeness (QED) is 0.0262. The fraction of sp³-hybridized carbons (Fsp3) is 0.689. The number of esters is 3. The van der Waals surface area contributed by atoms with Crippen molar-refractivity contribution in [3.63, 3.8) is 0 Å². The zero-order chi connectivity index (χ0) is 48.6. The monoisotopic (exact) mass is 931 g/mol. The van der Waals surface area contributed by atoms with Crippen molar-refractivity contribution >= 4 is 17.9 Å². The zero-order valence-corrected chi connectivity index (χ0v) is 43.6. The van der Waals surface area contributed by atoms with Crippen LogP contribution in [0.1, 0.15) is 252 Å². The highest BCUT2D eigenvalue weighted by molar-refractivity contribution is 5.71. The van der Waals surface area contributed by atoms with Crippen LogP contribution in [0.3, 0.4) is 0 Å². The summed E-state index contributed by atoms with van der Waals surface area (Å²) < 4.78 is 16.8. The van der Waals surface area contributed by atoms with Crippen LogP contribution in [0.25, 0.3) is 0 Å². The molecule has 0 N–H and O–H groups in total. The van der Waals surface area contributed by atoms with Crippen LogP contribution in [0.5, 0.6) is 0 Å². The van der Waals surface area contributed by atoms with E-state index in [9.17, 15) is 14.4 Å². The van der Waals surface area contributed by atoms with E-state index in [1.807, 2.05) is 0 Å².